The maximum atomic E-state index is 5.42. The zero-order chi connectivity index (χ0) is 12.5. The highest BCUT2D eigenvalue weighted by Crippen LogP contribution is 2.14. The summed E-state index contributed by atoms with van der Waals surface area (Å²) in [5.74, 6) is 5.42. The summed E-state index contributed by atoms with van der Waals surface area (Å²) in [5.41, 5.74) is 5.46. The lowest BCUT2D eigenvalue weighted by Gasteiger charge is -2.10. The Bertz CT molecular complexity index is 292. The lowest BCUT2D eigenvalue weighted by Crippen LogP contribution is -2.25. The van der Waals surface area contributed by atoms with Gasteiger partial charge in [-0.3, -0.25) is 11.3 Å². The Labute approximate surface area is 106 Å². The van der Waals surface area contributed by atoms with E-state index in [9.17, 15) is 0 Å². The van der Waals surface area contributed by atoms with E-state index in [0.717, 1.165) is 0 Å². The fourth-order valence-corrected chi connectivity index (χ4v) is 2.00. The summed E-state index contributed by atoms with van der Waals surface area (Å²) in [4.78, 5) is 0. The second-order valence-corrected chi connectivity index (χ2v) is 4.79. The van der Waals surface area contributed by atoms with Gasteiger partial charge in [-0.1, -0.05) is 56.9 Å². The molecule has 0 aliphatic rings. The van der Waals surface area contributed by atoms with E-state index in [1.807, 2.05) is 0 Å². The molecule has 0 spiro atoms. The molecule has 0 saturated carbocycles. The third-order valence-electron chi connectivity index (χ3n) is 3.30. The van der Waals surface area contributed by atoms with Gasteiger partial charge in [0.15, 0.2) is 0 Å². The summed E-state index contributed by atoms with van der Waals surface area (Å²) in [6, 6.07) is 9.03. The van der Waals surface area contributed by atoms with Crippen LogP contribution in [0.25, 0.3) is 0 Å². The Morgan fingerprint density at radius 2 is 1.71 bits per heavy atom. The number of nitrogens with two attached hydrogens (primary N) is 1. The summed E-state index contributed by atoms with van der Waals surface area (Å²) in [7, 11) is 0. The monoisotopic (exact) mass is 234 g/mol. The Hall–Kier alpha value is -0.860. The maximum absolute atomic E-state index is 5.42. The molecule has 1 aromatic carbocycles. The maximum Gasteiger partial charge on any atom is 0.0431 e. The third kappa shape index (κ3) is 5.33. The number of aryl methyl sites for hydroxylation is 1. The van der Waals surface area contributed by atoms with Crippen LogP contribution in [0.5, 0.6) is 0 Å². The van der Waals surface area contributed by atoms with Gasteiger partial charge >= 0.3 is 0 Å². The third-order valence-corrected chi connectivity index (χ3v) is 3.30. The predicted molar refractivity (Wildman–Crippen MR) is 74.6 cm³/mol. The van der Waals surface area contributed by atoms with E-state index in [-0.39, 0.29) is 6.04 Å². The van der Waals surface area contributed by atoms with E-state index in [4.69, 9.17) is 5.84 Å². The minimum atomic E-state index is 0.230. The molecule has 0 bridgehead atoms. The summed E-state index contributed by atoms with van der Waals surface area (Å²) in [5, 5.41) is 0. The molecule has 0 aliphatic heterocycles. The molecule has 1 aromatic rings. The normalized spacial score (nSPS) is 12.6. The van der Waals surface area contributed by atoms with Crippen molar-refractivity contribution in [1.82, 2.24) is 5.43 Å². The van der Waals surface area contributed by atoms with E-state index < -0.39 is 0 Å². The van der Waals surface area contributed by atoms with Crippen molar-refractivity contribution in [3.63, 3.8) is 0 Å². The van der Waals surface area contributed by atoms with E-state index in [1.165, 1.54) is 49.7 Å². The van der Waals surface area contributed by atoms with Crippen LogP contribution in [-0.4, -0.2) is 0 Å². The standard InChI is InChI=1S/C15H26N2/c1-3-4-5-6-7-8-14-9-11-15(12-10-14)13(2)17-16/h9-13,17H,3-8,16H2,1-2H3/t13-/m1/s1. The van der Waals surface area contributed by atoms with Crippen LogP contribution in [-0.2, 0) is 6.42 Å². The Balaban J connectivity index is 2.30. The minimum absolute atomic E-state index is 0.230. The van der Waals surface area contributed by atoms with Gasteiger partial charge in [0, 0.05) is 6.04 Å². The summed E-state index contributed by atoms with van der Waals surface area (Å²) in [6.07, 6.45) is 7.94. The van der Waals surface area contributed by atoms with Crippen LogP contribution < -0.4 is 11.3 Å². The van der Waals surface area contributed by atoms with E-state index in [0.29, 0.717) is 0 Å². The SMILES string of the molecule is CCCCCCCc1ccc([C@@H](C)NN)cc1. The number of hydrogen-bond acceptors (Lipinski definition) is 2. The average molecular weight is 234 g/mol. The van der Waals surface area contributed by atoms with Gasteiger partial charge in [0.05, 0.1) is 0 Å². The lowest BCUT2D eigenvalue weighted by atomic mass is 10.0. The molecule has 0 aliphatic carbocycles. The Morgan fingerprint density at radius 1 is 1.06 bits per heavy atom. The van der Waals surface area contributed by atoms with Crippen molar-refractivity contribution in [1.29, 1.82) is 0 Å². The molecule has 17 heavy (non-hydrogen) atoms. The lowest BCUT2D eigenvalue weighted by molar-refractivity contribution is 0.601. The second-order valence-electron chi connectivity index (χ2n) is 4.79. The van der Waals surface area contributed by atoms with Gasteiger partial charge < -0.3 is 0 Å². The van der Waals surface area contributed by atoms with Crippen molar-refractivity contribution in [3.8, 4) is 0 Å². The molecule has 0 aromatic heterocycles. The average Bonchev–Trinajstić information content (AvgIpc) is 2.38. The first-order valence-corrected chi connectivity index (χ1v) is 6.83. The molecule has 0 heterocycles. The van der Waals surface area contributed by atoms with Gasteiger partial charge in [-0.05, 0) is 30.9 Å². The van der Waals surface area contributed by atoms with Gasteiger partial charge in [-0.15, -0.1) is 0 Å². The fraction of sp³-hybridized carbons (Fsp3) is 0.600. The number of nitrogens with one attached hydrogen (secondary N) is 1. The Morgan fingerprint density at radius 3 is 2.29 bits per heavy atom. The highest BCUT2D eigenvalue weighted by atomic mass is 15.2. The molecule has 0 radical (unpaired) electrons. The zero-order valence-electron chi connectivity index (χ0n) is 11.2. The molecule has 2 heteroatoms. The van der Waals surface area contributed by atoms with Crippen molar-refractivity contribution >= 4 is 0 Å². The van der Waals surface area contributed by atoms with Crippen LogP contribution in [0.2, 0.25) is 0 Å². The summed E-state index contributed by atoms with van der Waals surface area (Å²) in [6.45, 7) is 4.32. The van der Waals surface area contributed by atoms with E-state index in [2.05, 4.69) is 43.5 Å². The quantitative estimate of drug-likeness (QED) is 0.409. The molecule has 0 amide bonds. The van der Waals surface area contributed by atoms with Crippen molar-refractivity contribution in [3.05, 3.63) is 35.4 Å². The highest BCUT2D eigenvalue weighted by molar-refractivity contribution is 5.24. The molecule has 0 saturated heterocycles. The molecule has 96 valence electrons. The number of unbranched alkanes of at least 4 members (excludes halogenated alkanes) is 4. The molecule has 2 nitrogen and oxygen atoms in total. The van der Waals surface area contributed by atoms with Gasteiger partial charge in [0.25, 0.3) is 0 Å². The van der Waals surface area contributed by atoms with Crippen LogP contribution in [0.3, 0.4) is 0 Å². The molecular weight excluding hydrogens is 208 g/mol. The number of hydrazine groups is 1. The van der Waals surface area contributed by atoms with Crippen molar-refractivity contribution in [2.75, 3.05) is 0 Å². The first-order chi connectivity index (χ1) is 8.27. The molecule has 1 rings (SSSR count). The number of benzene rings is 1. The zero-order valence-corrected chi connectivity index (χ0v) is 11.2. The second kappa shape index (κ2) is 8.26. The van der Waals surface area contributed by atoms with E-state index >= 15 is 0 Å². The van der Waals surface area contributed by atoms with Crippen LogP contribution in [0.4, 0.5) is 0 Å². The van der Waals surface area contributed by atoms with Gasteiger partial charge in [0.2, 0.25) is 0 Å². The van der Waals surface area contributed by atoms with Gasteiger partial charge in [-0.25, -0.2) is 0 Å². The van der Waals surface area contributed by atoms with Crippen molar-refractivity contribution in [2.45, 2.75) is 58.4 Å². The first-order valence-electron chi connectivity index (χ1n) is 6.83. The Kier molecular flexibility index (Phi) is 6.90. The molecule has 1 atom stereocenters. The molecular formula is C15H26N2. The van der Waals surface area contributed by atoms with Crippen LogP contribution in [0, 0.1) is 0 Å². The van der Waals surface area contributed by atoms with Gasteiger partial charge in [-0.2, -0.15) is 0 Å². The van der Waals surface area contributed by atoms with Crippen LogP contribution in [0.1, 0.15) is 63.1 Å². The van der Waals surface area contributed by atoms with Gasteiger partial charge in [0.1, 0.15) is 0 Å². The fourth-order valence-electron chi connectivity index (χ4n) is 2.00. The topological polar surface area (TPSA) is 38.0 Å². The minimum Gasteiger partial charge on any atom is -0.271 e. The summed E-state index contributed by atoms with van der Waals surface area (Å²) < 4.78 is 0. The highest BCUT2D eigenvalue weighted by Gasteiger charge is 2.01. The van der Waals surface area contributed by atoms with Crippen LogP contribution >= 0.6 is 0 Å². The molecule has 3 N–H and O–H groups in total. The predicted octanol–water partition coefficient (Wildman–Crippen LogP) is 3.72. The molecule has 0 fully saturated rings. The largest absolute Gasteiger partial charge is 0.271 e. The van der Waals surface area contributed by atoms with Crippen molar-refractivity contribution < 1.29 is 0 Å². The molecule has 0 unspecified atom stereocenters. The number of rotatable bonds is 8. The van der Waals surface area contributed by atoms with Crippen LogP contribution in [0.15, 0.2) is 24.3 Å². The summed E-state index contributed by atoms with van der Waals surface area (Å²) >= 11 is 0. The first kappa shape index (κ1) is 14.2. The van der Waals surface area contributed by atoms with Crippen molar-refractivity contribution in [2.24, 2.45) is 5.84 Å². The van der Waals surface area contributed by atoms with E-state index in [1.54, 1.807) is 0 Å². The number of hydrogen-bond donors (Lipinski definition) is 2. The smallest absolute Gasteiger partial charge is 0.0431 e.